The third-order valence-electron chi connectivity index (χ3n) is 3.44. The Morgan fingerprint density at radius 2 is 2.04 bits per heavy atom. The highest BCUT2D eigenvalue weighted by atomic mass is 79.9. The van der Waals surface area contributed by atoms with Crippen LogP contribution in [-0.2, 0) is 4.79 Å². The molecule has 0 aliphatic carbocycles. The minimum absolute atomic E-state index is 0.0392. The average Bonchev–Trinajstić information content (AvgIpc) is 2.52. The summed E-state index contributed by atoms with van der Waals surface area (Å²) in [6, 6.07) is 1.64. The largest absolute Gasteiger partial charge is 0.495 e. The van der Waals surface area contributed by atoms with Gasteiger partial charge in [0.25, 0.3) is 0 Å². The van der Waals surface area contributed by atoms with Gasteiger partial charge in [0, 0.05) is 12.3 Å². The van der Waals surface area contributed by atoms with E-state index < -0.39 is 29.5 Å². The minimum atomic E-state index is -1.65. The molecule has 1 aromatic rings. The van der Waals surface area contributed by atoms with Gasteiger partial charge in [-0.3, -0.25) is 14.6 Å². The Labute approximate surface area is 147 Å². The number of nitrogens with zero attached hydrogens (tertiary/aromatic N) is 1. The van der Waals surface area contributed by atoms with E-state index in [1.807, 2.05) is 0 Å². The Balaban J connectivity index is 3.18. The quantitative estimate of drug-likeness (QED) is 0.395. The van der Waals surface area contributed by atoms with Crippen LogP contribution in [0, 0.1) is 17.7 Å². The van der Waals surface area contributed by atoms with Gasteiger partial charge in [-0.05, 0) is 27.9 Å². The molecule has 1 unspecified atom stereocenters. The number of aliphatic hydroxyl groups is 1. The fourth-order valence-electron chi connectivity index (χ4n) is 1.91. The zero-order valence-corrected chi connectivity index (χ0v) is 15.1. The highest BCUT2D eigenvalue weighted by Gasteiger charge is 2.29. The third-order valence-corrected chi connectivity index (χ3v) is 4.06. The van der Waals surface area contributed by atoms with Crippen LogP contribution in [0.25, 0.3) is 0 Å². The zero-order chi connectivity index (χ0) is 18.4. The summed E-state index contributed by atoms with van der Waals surface area (Å²) >= 11 is 3.13. The molecule has 0 aromatic heterocycles. The van der Waals surface area contributed by atoms with Crippen LogP contribution < -0.4 is 4.74 Å². The van der Waals surface area contributed by atoms with Gasteiger partial charge in [-0.1, -0.05) is 13.8 Å². The second-order valence-corrected chi connectivity index (χ2v) is 6.29. The number of methoxy groups -OCH3 is 1. The maximum absolute atomic E-state index is 14.1. The Morgan fingerprint density at radius 1 is 1.42 bits per heavy atom. The molecule has 0 saturated carbocycles. The van der Waals surface area contributed by atoms with Crippen molar-refractivity contribution < 1.29 is 28.9 Å². The number of benzene rings is 1. The molecule has 24 heavy (non-hydrogen) atoms. The van der Waals surface area contributed by atoms with Gasteiger partial charge in [-0.15, -0.1) is 0 Å². The van der Waals surface area contributed by atoms with E-state index in [4.69, 9.17) is 4.74 Å². The van der Waals surface area contributed by atoms with Crippen LogP contribution in [0.2, 0.25) is 0 Å². The van der Waals surface area contributed by atoms with Gasteiger partial charge in [0.15, 0.2) is 11.7 Å². The van der Waals surface area contributed by atoms with Gasteiger partial charge < -0.3 is 14.9 Å². The summed E-state index contributed by atoms with van der Waals surface area (Å²) in [5, 5.41) is 18.5. The van der Waals surface area contributed by atoms with Crippen molar-refractivity contribution >= 4 is 33.9 Å². The molecule has 0 spiro atoms. The molecule has 0 heterocycles. The first kappa shape index (κ1) is 20.2. The monoisotopic (exact) mass is 403 g/mol. The molecule has 0 bridgehead atoms. The number of ether oxygens (including phenoxy) is 1. The summed E-state index contributed by atoms with van der Waals surface area (Å²) in [4.78, 5) is 27.7. The Hall–Kier alpha value is -1.80. The van der Waals surface area contributed by atoms with E-state index in [1.54, 1.807) is 13.8 Å². The maximum Gasteiger partial charge on any atom is 0.319 e. The first-order valence-electron chi connectivity index (χ1n) is 7.17. The molecule has 0 fully saturated rings. The molecule has 0 saturated heterocycles. The second-order valence-electron chi connectivity index (χ2n) is 5.44. The number of aliphatic imine (C=N–C) groups is 1. The van der Waals surface area contributed by atoms with Crippen LogP contribution in [-0.4, -0.2) is 47.9 Å². The van der Waals surface area contributed by atoms with Gasteiger partial charge in [0.1, 0.15) is 11.6 Å². The lowest BCUT2D eigenvalue weighted by atomic mass is 9.97. The van der Waals surface area contributed by atoms with Crippen LogP contribution >= 0.6 is 15.9 Å². The number of carbonyl (C=O) groups excluding carboxylic acids is 1. The molecule has 1 aromatic carbocycles. The molecule has 0 aliphatic rings. The van der Waals surface area contributed by atoms with E-state index in [0.29, 0.717) is 4.47 Å². The molecule has 8 heteroatoms. The minimum Gasteiger partial charge on any atom is -0.495 e. The Morgan fingerprint density at radius 3 is 2.50 bits per heavy atom. The van der Waals surface area contributed by atoms with Crippen molar-refractivity contribution in [2.75, 3.05) is 13.7 Å². The fraction of sp³-hybridized carbons (Fsp3) is 0.438. The maximum atomic E-state index is 14.1. The predicted molar refractivity (Wildman–Crippen MR) is 90.3 cm³/mol. The molecule has 1 rings (SSSR count). The van der Waals surface area contributed by atoms with Crippen LogP contribution in [0.1, 0.15) is 24.2 Å². The molecule has 6 nitrogen and oxygen atoms in total. The lowest BCUT2D eigenvalue weighted by molar-refractivity contribution is -0.137. The van der Waals surface area contributed by atoms with Gasteiger partial charge in [0.05, 0.1) is 29.8 Å². The number of carbonyl (C=O) groups is 2. The lowest BCUT2D eigenvalue weighted by Gasteiger charge is -2.14. The highest BCUT2D eigenvalue weighted by Crippen LogP contribution is 2.29. The number of Topliss-reactive ketones (excluding diaryl/α,β-unsaturated/α-hetero) is 1. The summed E-state index contributed by atoms with van der Waals surface area (Å²) in [5.41, 5.74) is -0.383. The molecular formula is C16H19BrFNO5. The van der Waals surface area contributed by atoms with E-state index in [9.17, 15) is 24.2 Å². The summed E-state index contributed by atoms with van der Waals surface area (Å²) in [6.07, 6.45) is 0.948. The van der Waals surface area contributed by atoms with Crippen LogP contribution in [0.3, 0.4) is 0 Å². The SMILES string of the molecule is COc1cc(F)c(C(=O)C(C=N[C@H](CO)C(C)C)C(=O)O)cc1Br. The van der Waals surface area contributed by atoms with E-state index in [0.717, 1.165) is 12.3 Å². The molecule has 0 aliphatic heterocycles. The van der Waals surface area contributed by atoms with Crippen LogP contribution in [0.5, 0.6) is 5.75 Å². The summed E-state index contributed by atoms with van der Waals surface area (Å²) in [5.74, 6) is -4.77. The Bertz CT molecular complexity index is 648. The lowest BCUT2D eigenvalue weighted by Crippen LogP contribution is -2.28. The molecule has 2 atom stereocenters. The first-order valence-corrected chi connectivity index (χ1v) is 7.96. The standard InChI is InChI=1S/C16H19BrFNO5/c1-8(2)13(7-20)19-6-10(16(22)23)15(21)9-4-11(17)14(24-3)5-12(9)18/h4-6,8,10,13,20H,7H2,1-3H3,(H,22,23)/t10?,13-/m1/s1. The van der Waals surface area contributed by atoms with Crippen molar-refractivity contribution in [3.8, 4) is 5.75 Å². The molecule has 0 radical (unpaired) electrons. The molecule has 2 N–H and O–H groups in total. The molecular weight excluding hydrogens is 385 g/mol. The summed E-state index contributed by atoms with van der Waals surface area (Å²) < 4.78 is 19.3. The number of aliphatic carboxylic acids is 1. The number of hydrogen-bond acceptors (Lipinski definition) is 5. The number of rotatable bonds is 8. The van der Waals surface area contributed by atoms with Crippen LogP contribution in [0.4, 0.5) is 4.39 Å². The number of carboxylic acid groups (broad SMARTS) is 1. The molecule has 0 amide bonds. The van der Waals surface area contributed by atoms with Crippen molar-refractivity contribution in [1.29, 1.82) is 0 Å². The van der Waals surface area contributed by atoms with Crippen molar-refractivity contribution in [2.45, 2.75) is 19.9 Å². The van der Waals surface area contributed by atoms with Gasteiger partial charge in [-0.2, -0.15) is 0 Å². The smallest absolute Gasteiger partial charge is 0.319 e. The number of hydrogen-bond donors (Lipinski definition) is 2. The van der Waals surface area contributed by atoms with E-state index in [1.165, 1.54) is 13.2 Å². The summed E-state index contributed by atoms with van der Waals surface area (Å²) in [6.45, 7) is 3.32. The van der Waals surface area contributed by atoms with Gasteiger partial charge in [-0.25, -0.2) is 4.39 Å². The zero-order valence-electron chi connectivity index (χ0n) is 13.5. The number of halogens is 2. The average molecular weight is 404 g/mol. The molecule has 132 valence electrons. The number of aliphatic hydroxyl groups excluding tert-OH is 1. The predicted octanol–water partition coefficient (Wildman–Crippen LogP) is 2.57. The topological polar surface area (TPSA) is 96.2 Å². The number of ketones is 1. The normalized spacial score (nSPS) is 14.0. The van der Waals surface area contributed by atoms with Gasteiger partial charge in [0.2, 0.25) is 0 Å². The van der Waals surface area contributed by atoms with E-state index in [2.05, 4.69) is 20.9 Å². The van der Waals surface area contributed by atoms with Crippen molar-refractivity contribution in [3.63, 3.8) is 0 Å². The van der Waals surface area contributed by atoms with E-state index >= 15 is 0 Å². The third kappa shape index (κ3) is 4.85. The van der Waals surface area contributed by atoms with Gasteiger partial charge >= 0.3 is 5.97 Å². The highest BCUT2D eigenvalue weighted by molar-refractivity contribution is 9.10. The van der Waals surface area contributed by atoms with Crippen molar-refractivity contribution in [1.82, 2.24) is 0 Å². The first-order chi connectivity index (χ1) is 11.2. The van der Waals surface area contributed by atoms with Crippen molar-refractivity contribution in [3.05, 3.63) is 28.0 Å². The second kappa shape index (κ2) is 8.89. The number of carboxylic acids is 1. The Kier molecular flexibility index (Phi) is 7.50. The van der Waals surface area contributed by atoms with Crippen LogP contribution in [0.15, 0.2) is 21.6 Å². The summed E-state index contributed by atoms with van der Waals surface area (Å²) in [7, 11) is 1.34. The van der Waals surface area contributed by atoms with E-state index in [-0.39, 0.29) is 23.8 Å². The fourth-order valence-corrected chi connectivity index (χ4v) is 2.42. The van der Waals surface area contributed by atoms with Crippen molar-refractivity contribution in [2.24, 2.45) is 16.8 Å².